The van der Waals surface area contributed by atoms with Crippen molar-refractivity contribution in [1.82, 2.24) is 9.88 Å². The zero-order chi connectivity index (χ0) is 12.9. The van der Waals surface area contributed by atoms with Gasteiger partial charge in [-0.2, -0.15) is 0 Å². The zero-order valence-corrected chi connectivity index (χ0v) is 11.5. The minimum atomic E-state index is 0.0206. The number of nitrogens with two attached hydrogens (primary N) is 1. The lowest BCUT2D eigenvalue weighted by atomic mass is 9.88. The Morgan fingerprint density at radius 1 is 1.24 bits per heavy atom. The molecule has 1 aromatic heterocycles. The number of aromatic nitrogens is 1. The van der Waals surface area contributed by atoms with E-state index < -0.39 is 0 Å². The van der Waals surface area contributed by atoms with Crippen molar-refractivity contribution >= 4 is 0 Å². The maximum atomic E-state index is 6.37. The third-order valence-electron chi connectivity index (χ3n) is 3.69. The van der Waals surface area contributed by atoms with Crippen LogP contribution in [0, 0.1) is 0 Å². The van der Waals surface area contributed by atoms with E-state index in [1.165, 1.54) is 5.56 Å². The Labute approximate surface area is 105 Å². The van der Waals surface area contributed by atoms with Gasteiger partial charge in [-0.3, -0.25) is 9.88 Å². The summed E-state index contributed by atoms with van der Waals surface area (Å²) in [6, 6.07) is 4.21. The molecule has 1 heterocycles. The van der Waals surface area contributed by atoms with Crippen molar-refractivity contribution < 1.29 is 0 Å². The molecule has 0 amide bonds. The van der Waals surface area contributed by atoms with E-state index >= 15 is 0 Å². The molecule has 0 radical (unpaired) electrons. The Bertz CT molecular complexity index is 317. The van der Waals surface area contributed by atoms with Crippen LogP contribution >= 0.6 is 0 Å². The molecule has 0 aliphatic carbocycles. The van der Waals surface area contributed by atoms with Crippen LogP contribution in [-0.2, 0) is 6.42 Å². The number of likely N-dealkylation sites (N-methyl/N-ethyl adjacent to an activating group) is 1. The number of rotatable bonds is 6. The predicted octanol–water partition coefficient (Wildman–Crippen LogP) is 2.07. The summed E-state index contributed by atoms with van der Waals surface area (Å²) in [5.41, 5.74) is 7.65. The molecule has 2 N–H and O–H groups in total. The third kappa shape index (κ3) is 3.51. The molecule has 1 aromatic rings. The highest BCUT2D eigenvalue weighted by molar-refractivity contribution is 5.13. The summed E-state index contributed by atoms with van der Waals surface area (Å²) in [6.07, 6.45) is 4.55. The van der Waals surface area contributed by atoms with Crippen LogP contribution in [0.2, 0.25) is 0 Å². The van der Waals surface area contributed by atoms with Crippen molar-refractivity contribution in [3.8, 4) is 0 Å². The summed E-state index contributed by atoms with van der Waals surface area (Å²) in [4.78, 5) is 6.45. The molecule has 0 aliphatic heterocycles. The smallest absolute Gasteiger partial charge is 0.0307 e. The molecule has 0 aromatic carbocycles. The summed E-state index contributed by atoms with van der Waals surface area (Å²) >= 11 is 0. The van der Waals surface area contributed by atoms with Crippen molar-refractivity contribution in [2.24, 2.45) is 5.73 Å². The van der Waals surface area contributed by atoms with Gasteiger partial charge < -0.3 is 5.73 Å². The van der Waals surface area contributed by atoms with Gasteiger partial charge in [0.15, 0.2) is 0 Å². The highest BCUT2D eigenvalue weighted by Gasteiger charge is 2.31. The summed E-state index contributed by atoms with van der Waals surface area (Å²) in [6.45, 7) is 10.9. The molecular weight excluding hydrogens is 210 g/mol. The van der Waals surface area contributed by atoms with Crippen molar-refractivity contribution in [3.05, 3.63) is 30.1 Å². The fourth-order valence-electron chi connectivity index (χ4n) is 2.30. The number of pyridine rings is 1. The van der Waals surface area contributed by atoms with Crippen LogP contribution in [0.3, 0.4) is 0 Å². The van der Waals surface area contributed by atoms with Gasteiger partial charge in [0.1, 0.15) is 0 Å². The molecule has 3 heteroatoms. The predicted molar refractivity (Wildman–Crippen MR) is 72.9 cm³/mol. The van der Waals surface area contributed by atoms with Gasteiger partial charge in [0.05, 0.1) is 0 Å². The Kier molecular flexibility index (Phi) is 5.09. The number of hydrogen-bond acceptors (Lipinski definition) is 3. The van der Waals surface area contributed by atoms with E-state index in [9.17, 15) is 0 Å². The van der Waals surface area contributed by atoms with Gasteiger partial charge in [-0.1, -0.05) is 13.8 Å². The lowest BCUT2D eigenvalue weighted by Crippen LogP contribution is -2.56. The molecule has 1 atom stereocenters. The normalized spacial score (nSPS) is 14.0. The first-order valence-corrected chi connectivity index (χ1v) is 6.41. The quantitative estimate of drug-likeness (QED) is 0.821. The van der Waals surface area contributed by atoms with E-state index in [0.717, 1.165) is 19.5 Å². The van der Waals surface area contributed by atoms with Crippen LogP contribution in [0.5, 0.6) is 0 Å². The van der Waals surface area contributed by atoms with Crippen LogP contribution in [0.15, 0.2) is 24.5 Å². The Hall–Kier alpha value is -0.930. The highest BCUT2D eigenvalue weighted by atomic mass is 15.2. The fourth-order valence-corrected chi connectivity index (χ4v) is 2.30. The van der Waals surface area contributed by atoms with Gasteiger partial charge in [0, 0.05) is 24.0 Å². The average Bonchev–Trinajstić information content (AvgIpc) is 2.31. The molecule has 0 spiro atoms. The van der Waals surface area contributed by atoms with Crippen LogP contribution in [-0.4, -0.2) is 34.6 Å². The Morgan fingerprint density at radius 2 is 1.76 bits per heavy atom. The molecule has 1 unspecified atom stereocenters. The van der Waals surface area contributed by atoms with Crippen LogP contribution in [0.4, 0.5) is 0 Å². The van der Waals surface area contributed by atoms with E-state index in [1.54, 1.807) is 0 Å². The van der Waals surface area contributed by atoms with Crippen LogP contribution in [0.1, 0.15) is 33.3 Å². The van der Waals surface area contributed by atoms with E-state index in [4.69, 9.17) is 5.73 Å². The monoisotopic (exact) mass is 235 g/mol. The standard InChI is InChI=1S/C14H25N3/c1-5-17(6-2)14(3,4)13(15)11-12-7-9-16-10-8-12/h7-10,13H,5-6,11,15H2,1-4H3. The molecule has 0 bridgehead atoms. The number of hydrogen-bond donors (Lipinski definition) is 1. The Morgan fingerprint density at radius 3 is 2.24 bits per heavy atom. The van der Waals surface area contributed by atoms with Gasteiger partial charge in [-0.15, -0.1) is 0 Å². The summed E-state index contributed by atoms with van der Waals surface area (Å²) < 4.78 is 0. The first-order valence-electron chi connectivity index (χ1n) is 6.41. The molecular formula is C14H25N3. The van der Waals surface area contributed by atoms with E-state index in [-0.39, 0.29) is 11.6 Å². The van der Waals surface area contributed by atoms with Crippen molar-refractivity contribution in [3.63, 3.8) is 0 Å². The second-order valence-corrected chi connectivity index (χ2v) is 4.99. The molecule has 0 aliphatic rings. The van der Waals surface area contributed by atoms with E-state index in [1.807, 2.05) is 24.5 Å². The lowest BCUT2D eigenvalue weighted by Gasteiger charge is -2.42. The second-order valence-electron chi connectivity index (χ2n) is 4.99. The first kappa shape index (κ1) is 14.1. The average molecular weight is 235 g/mol. The minimum absolute atomic E-state index is 0.0206. The Balaban J connectivity index is 2.71. The highest BCUT2D eigenvalue weighted by Crippen LogP contribution is 2.20. The third-order valence-corrected chi connectivity index (χ3v) is 3.69. The van der Waals surface area contributed by atoms with Crippen LogP contribution < -0.4 is 5.73 Å². The molecule has 0 saturated carbocycles. The van der Waals surface area contributed by atoms with Crippen LogP contribution in [0.25, 0.3) is 0 Å². The largest absolute Gasteiger partial charge is 0.326 e. The van der Waals surface area contributed by atoms with Gasteiger partial charge in [0.25, 0.3) is 0 Å². The van der Waals surface area contributed by atoms with Gasteiger partial charge in [0.2, 0.25) is 0 Å². The van der Waals surface area contributed by atoms with Crippen molar-refractivity contribution in [1.29, 1.82) is 0 Å². The fraction of sp³-hybridized carbons (Fsp3) is 0.643. The lowest BCUT2D eigenvalue weighted by molar-refractivity contribution is 0.106. The molecule has 17 heavy (non-hydrogen) atoms. The molecule has 0 saturated heterocycles. The van der Waals surface area contributed by atoms with Gasteiger partial charge >= 0.3 is 0 Å². The summed E-state index contributed by atoms with van der Waals surface area (Å²) in [5.74, 6) is 0. The summed E-state index contributed by atoms with van der Waals surface area (Å²) in [7, 11) is 0. The second kappa shape index (κ2) is 6.12. The molecule has 0 fully saturated rings. The summed E-state index contributed by atoms with van der Waals surface area (Å²) in [5, 5.41) is 0. The molecule has 3 nitrogen and oxygen atoms in total. The topological polar surface area (TPSA) is 42.1 Å². The van der Waals surface area contributed by atoms with E-state index in [0.29, 0.717) is 0 Å². The molecule has 96 valence electrons. The van der Waals surface area contributed by atoms with E-state index in [2.05, 4.69) is 37.6 Å². The SMILES string of the molecule is CCN(CC)C(C)(C)C(N)Cc1ccncc1. The van der Waals surface area contributed by atoms with Gasteiger partial charge in [-0.25, -0.2) is 0 Å². The first-order chi connectivity index (χ1) is 8.02. The van der Waals surface area contributed by atoms with Crippen molar-refractivity contribution in [2.75, 3.05) is 13.1 Å². The number of nitrogens with zero attached hydrogens (tertiary/aromatic N) is 2. The maximum Gasteiger partial charge on any atom is 0.0307 e. The minimum Gasteiger partial charge on any atom is -0.326 e. The zero-order valence-electron chi connectivity index (χ0n) is 11.5. The van der Waals surface area contributed by atoms with Gasteiger partial charge in [-0.05, 0) is 51.1 Å². The molecule has 1 rings (SSSR count). The maximum absolute atomic E-state index is 6.37. The van der Waals surface area contributed by atoms with Crippen molar-refractivity contribution in [2.45, 2.75) is 45.7 Å².